The highest BCUT2D eigenvalue weighted by molar-refractivity contribution is 7.09. The van der Waals surface area contributed by atoms with Crippen molar-refractivity contribution in [3.05, 3.63) is 70.6 Å². The molecule has 2 aromatic heterocycles. The van der Waals surface area contributed by atoms with Gasteiger partial charge in [0.1, 0.15) is 10.6 Å². The fourth-order valence-corrected chi connectivity index (χ4v) is 6.28. The molecule has 0 aliphatic heterocycles. The molecule has 2 aliphatic carbocycles. The monoisotopic (exact) mass is 549 g/mol. The summed E-state index contributed by atoms with van der Waals surface area (Å²) in [5, 5.41) is 6.15. The third-order valence-electron chi connectivity index (χ3n) is 7.61. The number of hydrogen-bond acceptors (Lipinski definition) is 7. The van der Waals surface area contributed by atoms with E-state index < -0.39 is 11.9 Å². The second kappa shape index (κ2) is 12.5. The Kier molecular flexibility index (Phi) is 8.61. The average Bonchev–Trinajstić information content (AvgIpc) is 3.72. The topological polar surface area (TPSA) is 131 Å². The largest absolute Gasteiger partial charge is 0.467 e. The van der Waals surface area contributed by atoms with Crippen LogP contribution in [-0.4, -0.2) is 39.1 Å². The maximum absolute atomic E-state index is 14.1. The van der Waals surface area contributed by atoms with Crippen LogP contribution in [0.15, 0.2) is 53.1 Å². The van der Waals surface area contributed by atoms with E-state index in [2.05, 4.69) is 15.0 Å². The lowest BCUT2D eigenvalue weighted by Gasteiger charge is -2.32. The molecule has 3 amide bonds. The molecule has 206 valence electrons. The first-order chi connectivity index (χ1) is 19.0. The first kappa shape index (κ1) is 26.9. The van der Waals surface area contributed by atoms with Crippen LogP contribution < -0.4 is 16.4 Å². The molecular formula is C29H35N5O4S. The Morgan fingerprint density at radius 2 is 1.62 bits per heavy atom. The van der Waals surface area contributed by atoms with Gasteiger partial charge < -0.3 is 25.7 Å². The van der Waals surface area contributed by atoms with Crippen molar-refractivity contribution in [3.8, 4) is 0 Å². The van der Waals surface area contributed by atoms with Crippen LogP contribution in [0.2, 0.25) is 0 Å². The Balaban J connectivity index is 1.46. The Bertz CT molecular complexity index is 1260. The number of hydrogen-bond donors (Lipinski definition) is 3. The minimum Gasteiger partial charge on any atom is -0.467 e. The SMILES string of the molecule is Nc1c(C(=O)NC2CCCC2)nsc1C(=O)N(Cc1ccccc1)[C@@H](C(=O)NC1CCCCC1)c1ccco1. The van der Waals surface area contributed by atoms with E-state index in [1.165, 1.54) is 11.2 Å². The van der Waals surface area contributed by atoms with E-state index in [4.69, 9.17) is 10.2 Å². The molecule has 2 saturated carbocycles. The number of carbonyl (C=O) groups is 3. The van der Waals surface area contributed by atoms with Crippen LogP contribution in [0.4, 0.5) is 5.69 Å². The van der Waals surface area contributed by atoms with Crippen LogP contribution in [-0.2, 0) is 11.3 Å². The highest BCUT2D eigenvalue weighted by Crippen LogP contribution is 2.31. The molecule has 10 heteroatoms. The molecule has 0 spiro atoms. The lowest BCUT2D eigenvalue weighted by Crippen LogP contribution is -2.46. The summed E-state index contributed by atoms with van der Waals surface area (Å²) in [6.45, 7) is 0.143. The zero-order valence-corrected chi connectivity index (χ0v) is 22.8. The van der Waals surface area contributed by atoms with E-state index in [0.717, 1.165) is 74.9 Å². The van der Waals surface area contributed by atoms with Crippen molar-refractivity contribution in [3.63, 3.8) is 0 Å². The van der Waals surface area contributed by atoms with E-state index >= 15 is 0 Å². The van der Waals surface area contributed by atoms with Gasteiger partial charge in [-0.1, -0.05) is 62.4 Å². The van der Waals surface area contributed by atoms with Gasteiger partial charge in [0.25, 0.3) is 17.7 Å². The van der Waals surface area contributed by atoms with Crippen LogP contribution in [0.1, 0.15) is 95.3 Å². The van der Waals surface area contributed by atoms with Crippen molar-refractivity contribution in [2.45, 2.75) is 82.5 Å². The summed E-state index contributed by atoms with van der Waals surface area (Å²) in [7, 11) is 0. The van der Waals surface area contributed by atoms with Gasteiger partial charge in [-0.2, -0.15) is 4.37 Å². The first-order valence-corrected chi connectivity index (χ1v) is 14.5. The van der Waals surface area contributed by atoms with E-state index in [9.17, 15) is 14.4 Å². The quantitative estimate of drug-likeness (QED) is 0.351. The predicted molar refractivity (Wildman–Crippen MR) is 149 cm³/mol. The van der Waals surface area contributed by atoms with Crippen LogP contribution in [0.3, 0.4) is 0 Å². The van der Waals surface area contributed by atoms with Crippen LogP contribution >= 0.6 is 11.5 Å². The third kappa shape index (κ3) is 6.33. The van der Waals surface area contributed by atoms with Gasteiger partial charge in [-0.15, -0.1) is 0 Å². The summed E-state index contributed by atoms with van der Waals surface area (Å²) in [5.41, 5.74) is 7.30. The molecule has 39 heavy (non-hydrogen) atoms. The lowest BCUT2D eigenvalue weighted by atomic mass is 9.95. The lowest BCUT2D eigenvalue weighted by molar-refractivity contribution is -0.127. The summed E-state index contributed by atoms with van der Waals surface area (Å²) < 4.78 is 9.96. The van der Waals surface area contributed by atoms with Gasteiger partial charge in [0.15, 0.2) is 11.7 Å². The number of furan rings is 1. The van der Waals surface area contributed by atoms with E-state index in [0.29, 0.717) is 5.76 Å². The molecule has 0 bridgehead atoms. The van der Waals surface area contributed by atoms with Crippen molar-refractivity contribution in [1.29, 1.82) is 0 Å². The molecule has 1 atom stereocenters. The standard InChI is InChI=1S/C29H35N5O4S/c30-23-24(27(35)31-20-14-7-8-15-20)33-39-26(23)29(37)34(18-19-10-3-1-4-11-19)25(22-16-9-17-38-22)28(36)32-21-12-5-2-6-13-21/h1,3-4,9-11,16-17,20-21,25H,2,5-8,12-15,18,30H2,(H,31,35)(H,32,36)/t25-/m1/s1. The molecule has 1 aromatic carbocycles. The van der Waals surface area contributed by atoms with E-state index in [-0.39, 0.29) is 46.7 Å². The molecule has 2 aliphatic rings. The fourth-order valence-electron chi connectivity index (χ4n) is 5.53. The molecule has 3 aromatic rings. The fraction of sp³-hybridized carbons (Fsp3) is 0.448. The minimum absolute atomic E-state index is 0.0319. The molecule has 2 fully saturated rings. The maximum Gasteiger partial charge on any atom is 0.273 e. The normalized spacial score (nSPS) is 17.0. The van der Waals surface area contributed by atoms with E-state index in [1.807, 2.05) is 30.3 Å². The number of benzene rings is 1. The number of rotatable bonds is 9. The Morgan fingerprint density at radius 3 is 2.28 bits per heavy atom. The zero-order valence-electron chi connectivity index (χ0n) is 21.9. The van der Waals surface area contributed by atoms with Crippen molar-refractivity contribution in [1.82, 2.24) is 19.9 Å². The molecule has 0 unspecified atom stereocenters. The number of carbonyl (C=O) groups excluding carboxylic acids is 3. The highest BCUT2D eigenvalue weighted by Gasteiger charge is 2.37. The molecular weight excluding hydrogens is 514 g/mol. The van der Waals surface area contributed by atoms with E-state index in [1.54, 1.807) is 12.1 Å². The summed E-state index contributed by atoms with van der Waals surface area (Å²) in [6.07, 6.45) is 10.6. The molecule has 0 radical (unpaired) electrons. The summed E-state index contributed by atoms with van der Waals surface area (Å²) >= 11 is 0.882. The molecule has 9 nitrogen and oxygen atoms in total. The van der Waals surface area contributed by atoms with Gasteiger partial charge >= 0.3 is 0 Å². The van der Waals surface area contributed by atoms with Gasteiger partial charge in [0.2, 0.25) is 0 Å². The summed E-state index contributed by atoms with van der Waals surface area (Å²) in [6, 6.07) is 12.0. The molecule has 4 N–H and O–H groups in total. The molecule has 0 saturated heterocycles. The van der Waals surface area contributed by atoms with Crippen molar-refractivity contribution in [2.75, 3.05) is 5.73 Å². The Hall–Kier alpha value is -3.66. The number of amides is 3. The van der Waals surface area contributed by atoms with Crippen LogP contribution in [0, 0.1) is 0 Å². The highest BCUT2D eigenvalue weighted by atomic mass is 32.1. The maximum atomic E-state index is 14.1. The summed E-state index contributed by atoms with van der Waals surface area (Å²) in [4.78, 5) is 42.5. The number of nitrogens with zero attached hydrogens (tertiary/aromatic N) is 2. The van der Waals surface area contributed by atoms with Gasteiger partial charge in [-0.3, -0.25) is 14.4 Å². The first-order valence-electron chi connectivity index (χ1n) is 13.8. The van der Waals surface area contributed by atoms with Crippen molar-refractivity contribution < 1.29 is 18.8 Å². The predicted octanol–water partition coefficient (Wildman–Crippen LogP) is 4.82. The summed E-state index contributed by atoms with van der Waals surface area (Å²) in [5.74, 6) is -0.797. The number of aromatic nitrogens is 1. The number of anilines is 1. The van der Waals surface area contributed by atoms with Crippen molar-refractivity contribution in [2.24, 2.45) is 0 Å². The van der Waals surface area contributed by atoms with Gasteiger partial charge in [0, 0.05) is 18.6 Å². The number of nitrogens with one attached hydrogen (secondary N) is 2. The van der Waals surface area contributed by atoms with Gasteiger partial charge in [0.05, 0.1) is 12.0 Å². The smallest absolute Gasteiger partial charge is 0.273 e. The molecule has 2 heterocycles. The van der Waals surface area contributed by atoms with Gasteiger partial charge in [-0.25, -0.2) is 0 Å². The van der Waals surface area contributed by atoms with Gasteiger partial charge in [-0.05, 0) is 54.9 Å². The third-order valence-corrected chi connectivity index (χ3v) is 8.46. The zero-order chi connectivity index (χ0) is 27.2. The minimum atomic E-state index is -1.02. The second-order valence-corrected chi connectivity index (χ2v) is 11.2. The number of nitrogens with two attached hydrogens (primary N) is 1. The Morgan fingerprint density at radius 1 is 0.949 bits per heavy atom. The van der Waals surface area contributed by atoms with Crippen molar-refractivity contribution >= 4 is 34.9 Å². The average molecular weight is 550 g/mol. The van der Waals surface area contributed by atoms with Crippen LogP contribution in [0.5, 0.6) is 0 Å². The molecule has 5 rings (SSSR count). The number of nitrogen functional groups attached to an aromatic ring is 1. The second-order valence-electron chi connectivity index (χ2n) is 10.4. The van der Waals surface area contributed by atoms with Crippen LogP contribution in [0.25, 0.3) is 0 Å². The Labute approximate surface area is 232 Å².